The Morgan fingerprint density at radius 3 is 2.68 bits per heavy atom. The number of aromatic nitrogens is 1. The van der Waals surface area contributed by atoms with Gasteiger partial charge in [0.2, 0.25) is 5.13 Å². The van der Waals surface area contributed by atoms with Crippen molar-refractivity contribution in [3.63, 3.8) is 0 Å². The van der Waals surface area contributed by atoms with Gasteiger partial charge >= 0.3 is 5.97 Å². The number of non-ortho nitro benzene ring substituents is 1. The number of carbonyl (C=O) groups excluding carboxylic acids is 1. The summed E-state index contributed by atoms with van der Waals surface area (Å²) in [6.45, 7) is 0. The second-order valence-corrected chi connectivity index (χ2v) is 7.74. The van der Waals surface area contributed by atoms with Gasteiger partial charge in [0.15, 0.2) is 11.5 Å². The minimum atomic E-state index is -0.733. The van der Waals surface area contributed by atoms with Crippen LogP contribution in [0.15, 0.2) is 83.3 Å². The van der Waals surface area contributed by atoms with Crippen LogP contribution in [-0.2, 0) is 0 Å². The molecule has 34 heavy (non-hydrogen) atoms. The number of anilines is 1. The fraction of sp³-hybridized carbons (Fsp3) is 0.0417. The van der Waals surface area contributed by atoms with Gasteiger partial charge in [-0.25, -0.2) is 9.78 Å². The Labute approximate surface area is 198 Å². The number of rotatable bonds is 8. The topological polar surface area (TPSA) is 116 Å². The summed E-state index contributed by atoms with van der Waals surface area (Å²) in [4.78, 5) is 27.3. The number of nitrogens with zero attached hydrogens (tertiary/aromatic N) is 3. The molecule has 0 spiro atoms. The van der Waals surface area contributed by atoms with Crippen molar-refractivity contribution in [3.05, 3.63) is 99.4 Å². The van der Waals surface area contributed by atoms with E-state index in [-0.39, 0.29) is 17.0 Å². The average molecular weight is 474 g/mol. The van der Waals surface area contributed by atoms with Gasteiger partial charge in [0, 0.05) is 23.1 Å². The summed E-state index contributed by atoms with van der Waals surface area (Å²) in [5.74, 6) is -0.247. The second kappa shape index (κ2) is 10.4. The normalized spacial score (nSPS) is 10.7. The summed E-state index contributed by atoms with van der Waals surface area (Å²) in [6, 6.07) is 20.1. The maximum atomic E-state index is 12.4. The molecule has 0 saturated carbocycles. The standard InChI is InChI=1S/C24H18N4O5S/c1-32-22-12-16(14-25-27-24-26-20(15-34-24)17-6-3-2-4-7-17)10-11-21(22)33-23(29)18-8-5-9-19(13-18)28(30)31/h2-15H,1H3,(H,26,27)/b25-14-. The first kappa shape index (κ1) is 22.6. The summed E-state index contributed by atoms with van der Waals surface area (Å²) < 4.78 is 10.7. The van der Waals surface area contributed by atoms with Crippen molar-refractivity contribution in [1.29, 1.82) is 0 Å². The molecular weight excluding hydrogens is 456 g/mol. The maximum Gasteiger partial charge on any atom is 0.343 e. The summed E-state index contributed by atoms with van der Waals surface area (Å²) in [6.07, 6.45) is 1.58. The van der Waals surface area contributed by atoms with Gasteiger partial charge in [-0.05, 0) is 29.8 Å². The summed E-state index contributed by atoms with van der Waals surface area (Å²) in [5.41, 5.74) is 5.34. The number of hydrogen-bond donors (Lipinski definition) is 1. The zero-order valence-electron chi connectivity index (χ0n) is 17.9. The third-order valence-electron chi connectivity index (χ3n) is 4.63. The van der Waals surface area contributed by atoms with Crippen LogP contribution < -0.4 is 14.9 Å². The van der Waals surface area contributed by atoms with Crippen molar-refractivity contribution in [2.45, 2.75) is 0 Å². The molecule has 1 N–H and O–H groups in total. The van der Waals surface area contributed by atoms with E-state index in [4.69, 9.17) is 9.47 Å². The van der Waals surface area contributed by atoms with Crippen LogP contribution >= 0.6 is 11.3 Å². The van der Waals surface area contributed by atoms with E-state index in [1.54, 1.807) is 24.4 Å². The summed E-state index contributed by atoms with van der Waals surface area (Å²) >= 11 is 1.44. The number of hydrazone groups is 1. The lowest BCUT2D eigenvalue weighted by Crippen LogP contribution is -2.09. The van der Waals surface area contributed by atoms with E-state index < -0.39 is 10.9 Å². The van der Waals surface area contributed by atoms with Crippen molar-refractivity contribution in [1.82, 2.24) is 4.98 Å². The zero-order chi connectivity index (χ0) is 23.9. The lowest BCUT2D eigenvalue weighted by Gasteiger charge is -2.10. The Hall–Kier alpha value is -4.57. The number of ether oxygens (including phenoxy) is 2. The number of thiazole rings is 1. The van der Waals surface area contributed by atoms with E-state index >= 15 is 0 Å². The largest absolute Gasteiger partial charge is 0.493 e. The van der Waals surface area contributed by atoms with Gasteiger partial charge in [-0.2, -0.15) is 5.10 Å². The Bertz CT molecular complexity index is 1350. The smallest absolute Gasteiger partial charge is 0.343 e. The number of nitro groups is 1. The quantitative estimate of drug-likeness (QED) is 0.120. The molecule has 0 aliphatic carbocycles. The molecule has 0 aliphatic rings. The molecule has 4 aromatic rings. The van der Waals surface area contributed by atoms with Crippen LogP contribution in [0.5, 0.6) is 11.5 Å². The minimum absolute atomic E-state index is 0.0596. The van der Waals surface area contributed by atoms with Gasteiger partial charge < -0.3 is 9.47 Å². The second-order valence-electron chi connectivity index (χ2n) is 6.88. The Morgan fingerprint density at radius 1 is 1.09 bits per heavy atom. The van der Waals surface area contributed by atoms with E-state index in [0.29, 0.717) is 16.4 Å². The van der Waals surface area contributed by atoms with Crippen LogP contribution in [0.4, 0.5) is 10.8 Å². The Kier molecular flexibility index (Phi) is 6.89. The number of nitrogens with one attached hydrogen (secondary N) is 1. The number of benzene rings is 3. The van der Waals surface area contributed by atoms with Crippen LogP contribution in [-0.4, -0.2) is 29.2 Å². The zero-order valence-corrected chi connectivity index (χ0v) is 18.7. The summed E-state index contributed by atoms with van der Waals surface area (Å²) in [7, 11) is 1.44. The molecule has 0 atom stereocenters. The molecule has 1 aromatic heterocycles. The average Bonchev–Trinajstić information content (AvgIpc) is 3.34. The first-order valence-electron chi connectivity index (χ1n) is 9.98. The molecule has 0 bridgehead atoms. The van der Waals surface area contributed by atoms with E-state index in [2.05, 4.69) is 15.5 Å². The van der Waals surface area contributed by atoms with Gasteiger partial charge in [0.05, 0.1) is 29.5 Å². The molecule has 0 unspecified atom stereocenters. The van der Waals surface area contributed by atoms with Crippen LogP contribution in [0.1, 0.15) is 15.9 Å². The number of nitro benzene ring substituents is 1. The van der Waals surface area contributed by atoms with Gasteiger partial charge in [-0.3, -0.25) is 15.5 Å². The first-order valence-corrected chi connectivity index (χ1v) is 10.9. The molecule has 0 amide bonds. The Morgan fingerprint density at radius 2 is 1.91 bits per heavy atom. The predicted octanol–water partition coefficient (Wildman–Crippen LogP) is 5.39. The molecule has 9 nitrogen and oxygen atoms in total. The van der Waals surface area contributed by atoms with Crippen molar-refractivity contribution in [2.75, 3.05) is 12.5 Å². The van der Waals surface area contributed by atoms with E-state index in [1.165, 1.54) is 36.6 Å². The molecule has 0 radical (unpaired) electrons. The number of hydrogen-bond acceptors (Lipinski definition) is 9. The fourth-order valence-electron chi connectivity index (χ4n) is 2.98. The maximum absolute atomic E-state index is 12.4. The molecule has 0 aliphatic heterocycles. The van der Waals surface area contributed by atoms with E-state index in [0.717, 1.165) is 17.3 Å². The molecule has 1 heterocycles. The van der Waals surface area contributed by atoms with Crippen molar-refractivity contribution in [3.8, 4) is 22.8 Å². The highest BCUT2D eigenvalue weighted by atomic mass is 32.1. The predicted molar refractivity (Wildman–Crippen MR) is 130 cm³/mol. The molecule has 0 fully saturated rings. The molecule has 0 saturated heterocycles. The Balaban J connectivity index is 1.42. The van der Waals surface area contributed by atoms with Gasteiger partial charge in [0.1, 0.15) is 0 Å². The third-order valence-corrected chi connectivity index (χ3v) is 5.38. The van der Waals surface area contributed by atoms with Gasteiger partial charge in [-0.15, -0.1) is 11.3 Å². The van der Waals surface area contributed by atoms with Crippen molar-refractivity contribution in [2.24, 2.45) is 5.10 Å². The van der Waals surface area contributed by atoms with Crippen LogP contribution in [0.3, 0.4) is 0 Å². The molecule has 10 heteroatoms. The van der Waals surface area contributed by atoms with Crippen LogP contribution in [0, 0.1) is 10.1 Å². The fourth-order valence-corrected chi connectivity index (χ4v) is 3.65. The molecular formula is C24H18N4O5S. The van der Waals surface area contributed by atoms with Crippen molar-refractivity contribution >= 4 is 34.3 Å². The highest BCUT2D eigenvalue weighted by Gasteiger charge is 2.16. The summed E-state index contributed by atoms with van der Waals surface area (Å²) in [5, 5.41) is 17.7. The van der Waals surface area contributed by atoms with Gasteiger partial charge in [-0.1, -0.05) is 36.4 Å². The van der Waals surface area contributed by atoms with Crippen LogP contribution in [0.2, 0.25) is 0 Å². The lowest BCUT2D eigenvalue weighted by molar-refractivity contribution is -0.384. The third kappa shape index (κ3) is 5.43. The van der Waals surface area contributed by atoms with Crippen LogP contribution in [0.25, 0.3) is 11.3 Å². The highest BCUT2D eigenvalue weighted by Crippen LogP contribution is 2.29. The van der Waals surface area contributed by atoms with Crippen molar-refractivity contribution < 1.29 is 19.2 Å². The number of carbonyl (C=O) groups is 1. The number of methoxy groups -OCH3 is 1. The monoisotopic (exact) mass is 474 g/mol. The van der Waals surface area contributed by atoms with E-state index in [9.17, 15) is 14.9 Å². The number of esters is 1. The van der Waals surface area contributed by atoms with E-state index in [1.807, 2.05) is 35.7 Å². The lowest BCUT2D eigenvalue weighted by atomic mass is 10.2. The van der Waals surface area contributed by atoms with Gasteiger partial charge in [0.25, 0.3) is 5.69 Å². The highest BCUT2D eigenvalue weighted by molar-refractivity contribution is 7.14. The first-order chi connectivity index (χ1) is 16.5. The molecule has 4 rings (SSSR count). The molecule has 170 valence electrons. The minimum Gasteiger partial charge on any atom is -0.493 e. The molecule has 3 aromatic carbocycles. The SMILES string of the molecule is COc1cc(/C=N\Nc2nc(-c3ccccc3)cs2)ccc1OC(=O)c1cccc([N+](=O)[O-])c1.